The number of aromatic nitrogens is 1. The van der Waals surface area contributed by atoms with Crippen molar-refractivity contribution in [2.75, 3.05) is 6.26 Å². The van der Waals surface area contributed by atoms with E-state index in [2.05, 4.69) is 11.1 Å². The Bertz CT molecular complexity index is 2880. The maximum absolute atomic E-state index is 14.9. The Labute approximate surface area is 345 Å². The molecule has 0 aliphatic heterocycles. The number of nitrogens with zero attached hydrogens (tertiary/aromatic N) is 3. The average Bonchev–Trinajstić information content (AvgIpc) is 3.62. The van der Waals surface area contributed by atoms with Crippen molar-refractivity contribution < 1.29 is 53.2 Å². The van der Waals surface area contributed by atoms with Crippen LogP contribution < -0.4 is 9.47 Å². The number of nitriles is 2. The Balaban J connectivity index is 0.00000118. The first-order chi connectivity index (χ1) is 28.7. The molecule has 0 aliphatic carbocycles. The Morgan fingerprint density at radius 2 is 1.15 bits per heavy atom. The zero-order chi connectivity index (χ0) is 44.3. The molecule has 0 spiro atoms. The number of fused-ring (bicyclic) bond motifs is 1. The lowest BCUT2D eigenvalue weighted by atomic mass is 9.73. The predicted octanol–water partition coefficient (Wildman–Crippen LogP) is 12.0. The minimum Gasteiger partial charge on any atom is -0.456 e. The Morgan fingerprint density at radius 1 is 0.639 bits per heavy atom. The van der Waals surface area contributed by atoms with Gasteiger partial charge < -0.3 is 13.9 Å². The molecule has 0 bridgehead atoms. The van der Waals surface area contributed by atoms with Crippen LogP contribution in [0.5, 0.6) is 23.0 Å². The fourth-order valence-electron chi connectivity index (χ4n) is 6.63. The fraction of sp³-hybridized carbons (Fsp3) is 0.133. The zero-order valence-corrected chi connectivity index (χ0v) is 32.9. The Kier molecular flexibility index (Phi) is 12.0. The highest BCUT2D eigenvalue weighted by atomic mass is 32.2. The van der Waals surface area contributed by atoms with Crippen LogP contribution in [0.1, 0.15) is 33.4 Å². The zero-order valence-electron chi connectivity index (χ0n) is 32.1. The molecule has 7 aromatic rings. The second-order valence-corrected chi connectivity index (χ2v) is 15.1. The lowest BCUT2D eigenvalue weighted by Crippen LogP contribution is -2.54. The third-order valence-corrected chi connectivity index (χ3v) is 9.44. The number of benzene rings is 6. The van der Waals surface area contributed by atoms with Crippen molar-refractivity contribution in [3.63, 3.8) is 0 Å². The summed E-state index contributed by atoms with van der Waals surface area (Å²) >= 11 is 0. The molecule has 310 valence electrons. The van der Waals surface area contributed by atoms with Gasteiger partial charge >= 0.3 is 12.4 Å². The van der Waals surface area contributed by atoms with E-state index in [4.69, 9.17) is 18.4 Å². The summed E-state index contributed by atoms with van der Waals surface area (Å²) in [6.45, 7) is 3.55. The molecular weight excluding hydrogens is 825 g/mol. The number of alkyl halides is 6. The van der Waals surface area contributed by atoms with E-state index in [1.807, 2.05) is 43.3 Å². The standard InChI is InChI=1S/C44H27F6N3O3.CH4O3S/c1-26-7-5-11-38(35(26)24-51)54-31-19-15-29(16-20-31)42(43(45,46)47,44(48,49)50)30-17-21-32(22-18-30)55-39-12-6-8-33(36(39)25-52)28-14-13-27(2)34(23-28)41-53-37-9-3-4-10-40(37)56-41;1-5(2,3)4/h3-23H,1-2H3;1H3,(H,2,3,4). The first kappa shape index (κ1) is 43.4. The molecule has 0 amide bonds. The molecule has 0 radical (unpaired) electrons. The molecule has 9 nitrogen and oxygen atoms in total. The van der Waals surface area contributed by atoms with E-state index in [-0.39, 0.29) is 34.1 Å². The van der Waals surface area contributed by atoms with Crippen molar-refractivity contribution in [2.24, 2.45) is 0 Å². The van der Waals surface area contributed by atoms with Crippen LogP contribution in [0.25, 0.3) is 33.7 Å². The highest BCUT2D eigenvalue weighted by molar-refractivity contribution is 7.85. The molecule has 61 heavy (non-hydrogen) atoms. The van der Waals surface area contributed by atoms with Crippen molar-refractivity contribution >= 4 is 21.2 Å². The van der Waals surface area contributed by atoms with E-state index in [1.54, 1.807) is 43.3 Å². The lowest BCUT2D eigenvalue weighted by molar-refractivity contribution is -0.288. The van der Waals surface area contributed by atoms with Crippen LogP contribution in [0.3, 0.4) is 0 Å². The monoisotopic (exact) mass is 855 g/mol. The number of rotatable bonds is 8. The van der Waals surface area contributed by atoms with Gasteiger partial charge in [-0.15, -0.1) is 0 Å². The van der Waals surface area contributed by atoms with E-state index >= 15 is 0 Å². The number of oxazole rings is 1. The van der Waals surface area contributed by atoms with Crippen molar-refractivity contribution in [2.45, 2.75) is 31.6 Å². The van der Waals surface area contributed by atoms with Gasteiger partial charge in [0.1, 0.15) is 46.2 Å². The predicted molar refractivity (Wildman–Crippen MR) is 214 cm³/mol. The van der Waals surface area contributed by atoms with Gasteiger partial charge in [0, 0.05) is 11.1 Å². The van der Waals surface area contributed by atoms with Crippen LogP contribution in [0.2, 0.25) is 0 Å². The van der Waals surface area contributed by atoms with Crippen molar-refractivity contribution in [3.8, 4) is 57.7 Å². The number of hydrogen-bond acceptors (Lipinski definition) is 8. The third-order valence-electron chi connectivity index (χ3n) is 9.44. The third kappa shape index (κ3) is 9.06. The molecule has 0 saturated carbocycles. The summed E-state index contributed by atoms with van der Waals surface area (Å²) in [4.78, 5) is 4.58. The summed E-state index contributed by atoms with van der Waals surface area (Å²) in [5.41, 5.74) is -1.90. The van der Waals surface area contributed by atoms with Gasteiger partial charge in [-0.25, -0.2) is 4.98 Å². The first-order valence-electron chi connectivity index (χ1n) is 17.9. The van der Waals surface area contributed by atoms with E-state index in [0.717, 1.165) is 29.8 Å². The maximum Gasteiger partial charge on any atom is 0.411 e. The average molecular weight is 856 g/mol. The van der Waals surface area contributed by atoms with E-state index in [1.165, 1.54) is 12.1 Å². The van der Waals surface area contributed by atoms with Crippen molar-refractivity contribution in [1.82, 2.24) is 4.98 Å². The van der Waals surface area contributed by atoms with Gasteiger partial charge in [-0.1, -0.05) is 72.8 Å². The second kappa shape index (κ2) is 16.8. The van der Waals surface area contributed by atoms with Crippen LogP contribution in [-0.4, -0.2) is 36.6 Å². The van der Waals surface area contributed by atoms with Gasteiger partial charge in [-0.2, -0.15) is 45.3 Å². The lowest BCUT2D eigenvalue weighted by Gasteiger charge is -2.38. The SMILES string of the molecule is CS(=O)(=O)O.Cc1ccc(-c2cccc(Oc3ccc(C(c4ccc(Oc5cccc(C)c5C#N)cc4)(C(F)(F)F)C(F)(F)F)cc3)c2C#N)cc1-c1nc2ccccc2o1. The molecule has 6 aromatic carbocycles. The van der Waals surface area contributed by atoms with Crippen LogP contribution in [0, 0.1) is 36.5 Å². The number of para-hydroxylation sites is 2. The molecular formula is C45H31F6N3O6S. The van der Waals surface area contributed by atoms with Crippen molar-refractivity contribution in [3.05, 3.63) is 161 Å². The highest BCUT2D eigenvalue weighted by Gasteiger charge is 2.72. The number of hydrogen-bond donors (Lipinski definition) is 1. The summed E-state index contributed by atoms with van der Waals surface area (Å²) < 4.78 is 133. The van der Waals surface area contributed by atoms with E-state index in [9.17, 15) is 45.3 Å². The van der Waals surface area contributed by atoms with Gasteiger partial charge in [-0.05, 0) is 96.3 Å². The molecule has 0 atom stereocenters. The van der Waals surface area contributed by atoms with Crippen molar-refractivity contribution in [1.29, 1.82) is 10.5 Å². The molecule has 7 rings (SSSR count). The molecule has 1 heterocycles. The Morgan fingerprint density at radius 3 is 1.66 bits per heavy atom. The molecule has 0 unspecified atom stereocenters. The highest BCUT2D eigenvalue weighted by Crippen LogP contribution is 2.56. The second-order valence-electron chi connectivity index (χ2n) is 13.6. The quantitative estimate of drug-likeness (QED) is 0.116. The summed E-state index contributed by atoms with van der Waals surface area (Å²) in [6, 6.07) is 33.1. The van der Waals surface area contributed by atoms with Gasteiger partial charge in [-0.3, -0.25) is 4.55 Å². The number of ether oxygens (including phenoxy) is 2. The fourth-order valence-corrected chi connectivity index (χ4v) is 6.63. The van der Waals surface area contributed by atoms with Gasteiger partial charge in [0.25, 0.3) is 10.1 Å². The van der Waals surface area contributed by atoms with Crippen LogP contribution >= 0.6 is 0 Å². The van der Waals surface area contributed by atoms with Gasteiger partial charge in [0.15, 0.2) is 5.58 Å². The van der Waals surface area contributed by atoms with Crippen LogP contribution in [0.15, 0.2) is 132 Å². The van der Waals surface area contributed by atoms with Gasteiger partial charge in [0.2, 0.25) is 11.3 Å². The number of aryl methyl sites for hydroxylation is 2. The van der Waals surface area contributed by atoms with Gasteiger partial charge in [0.05, 0.1) is 11.8 Å². The molecule has 16 heteroatoms. The maximum atomic E-state index is 14.9. The minimum absolute atomic E-state index is 0.0309. The molecule has 0 saturated heterocycles. The minimum atomic E-state index is -5.84. The summed E-state index contributed by atoms with van der Waals surface area (Å²) in [6.07, 6.45) is -11.0. The van der Waals surface area contributed by atoms with E-state index < -0.39 is 39.0 Å². The molecule has 0 fully saturated rings. The molecule has 1 aromatic heterocycles. The Hall–Kier alpha value is -7.14. The normalized spacial score (nSPS) is 11.9. The first-order valence-corrected chi connectivity index (χ1v) is 19.7. The van der Waals surface area contributed by atoms with Crippen LogP contribution in [0.4, 0.5) is 26.3 Å². The largest absolute Gasteiger partial charge is 0.456 e. The van der Waals surface area contributed by atoms with Crippen LogP contribution in [-0.2, 0) is 15.5 Å². The summed E-state index contributed by atoms with van der Waals surface area (Å²) in [5, 5.41) is 19.7. The van der Waals surface area contributed by atoms with E-state index in [0.29, 0.717) is 69.8 Å². The topological polar surface area (TPSA) is 146 Å². The molecule has 0 aliphatic rings. The summed E-state index contributed by atoms with van der Waals surface area (Å²) in [5.74, 6) is 0.338. The summed E-state index contributed by atoms with van der Waals surface area (Å²) in [7, 11) is -3.67. The smallest absolute Gasteiger partial charge is 0.411 e. The molecule has 1 N–H and O–H groups in total. The number of halogens is 6.